The van der Waals surface area contributed by atoms with Crippen molar-refractivity contribution in [2.75, 3.05) is 6.61 Å². The Morgan fingerprint density at radius 2 is 0.771 bits per heavy atom. The zero-order chi connectivity index (χ0) is 78.3. The molecule has 8 heterocycles. The van der Waals surface area contributed by atoms with Gasteiger partial charge in [0.15, 0.2) is 49.4 Å². The van der Waals surface area contributed by atoms with Crippen LogP contribution in [0.15, 0.2) is 35.7 Å². The largest absolute Gasteiger partial charge is 0.454 e. The third-order valence-corrected chi connectivity index (χ3v) is 22.7. The summed E-state index contributed by atoms with van der Waals surface area (Å²) in [5.41, 5.74) is 54.9. The van der Waals surface area contributed by atoms with Crippen LogP contribution in [0, 0.1) is 70.5 Å². The number of nitrogens with zero attached hydrogens (tertiary/aromatic N) is 19. The Hall–Kier alpha value is -4.60. The first-order chi connectivity index (χ1) is 49.6. The van der Waals surface area contributed by atoms with Crippen molar-refractivity contribution in [1.82, 2.24) is 0 Å². The molecule has 0 saturated carbocycles. The summed E-state index contributed by atoms with van der Waals surface area (Å²) in [6.07, 6.45) is -8.73. The molecule has 8 saturated heterocycles. The Bertz CT molecular complexity index is 3250. The van der Waals surface area contributed by atoms with Crippen molar-refractivity contribution in [3.8, 4) is 0 Å². The molecule has 8 aliphatic heterocycles. The van der Waals surface area contributed by atoms with Crippen LogP contribution in [0.3, 0.4) is 0 Å². The van der Waals surface area contributed by atoms with E-state index in [1.807, 2.05) is 90.0 Å². The van der Waals surface area contributed by atoms with Crippen molar-refractivity contribution >= 4 is 93.5 Å². The van der Waals surface area contributed by atoms with E-state index in [1.165, 1.54) is 13.8 Å². The van der Waals surface area contributed by atoms with Gasteiger partial charge in [0.2, 0.25) is 18.5 Å². The van der Waals surface area contributed by atoms with Crippen molar-refractivity contribution in [2.45, 2.75) is 299 Å². The summed E-state index contributed by atoms with van der Waals surface area (Å²) >= 11 is 33.8. The first kappa shape index (κ1) is 89.3. The smallest absolute Gasteiger partial charge is 0.288 e. The summed E-state index contributed by atoms with van der Waals surface area (Å²) in [6.45, 7) is 32.5. The number of ether oxygens (including phenoxy) is 14. The number of Topliss-reactive ketones (excluding diaryl/α,β-unsaturated/α-hetero) is 2. The average molecular weight is 1600 g/mol. The van der Waals surface area contributed by atoms with Gasteiger partial charge in [0.1, 0.15) is 30.4 Å². The standard InChI is InChI=1S/C28H44Cl3N7O7.C24H37N9O7.C11H17Cl3N4O2/c1-9-18-12(3)13(4)20(35-37-32)27(41-18)44-23-14(5)15(6)25(45-24(23)17(8)39)43-22-16(7)21(36-38-33)26(42-19(22)10-2)40-11-34-28(29,30)31;1-7-14-9(2)10(3)16(28-31-25)23(36-14)39-20-12(5)18(30-33-27)24(40-21(20)13(6)34)38-19-11(4)17(29-32-26)22-35-8-15(19)37-22;1-4-7-5(2)6(3)8(17-18-16)9(19-7)20-10(15)11(12,13)14/h11-16,18-27H,9-10H2,1-8H3;9-12,14-24H,7-8H2,1-6H3;5-9,15H,4H2,1-3H3/t12-,13-,14+,15?,16+,18-,19-,20?,21?,22-,23-,24-,25+,26-,27+;9-,10-,11+,12+,14-,15?,16?,17?,18?,19-,20-,21-,22+,23+,24+;5-,6-,7-,8?,9+/m000/s1. The van der Waals surface area contributed by atoms with Crippen molar-refractivity contribution in [1.29, 1.82) is 5.41 Å². The van der Waals surface area contributed by atoms with Gasteiger partial charge in [-0.1, -0.05) is 204 Å². The predicted molar refractivity (Wildman–Crippen MR) is 386 cm³/mol. The third-order valence-electron chi connectivity index (χ3n) is 21.9. The number of nitrogens with one attached hydrogen (secondary N) is 1. The van der Waals surface area contributed by atoms with E-state index in [-0.39, 0.29) is 89.7 Å². The number of fused-ring (bicyclic) bond motifs is 2. The zero-order valence-corrected chi connectivity index (χ0v) is 66.2. The minimum absolute atomic E-state index is 0.00194. The fraction of sp³-hybridized carbons (Fsp3) is 0.937. The molecule has 8 aliphatic rings. The molecule has 1 N–H and O–H groups in total. The van der Waals surface area contributed by atoms with E-state index < -0.39 is 155 Å². The molecule has 588 valence electrons. The number of hydrogen-bond acceptors (Lipinski definition) is 24. The number of alkyl halides is 6. The lowest BCUT2D eigenvalue weighted by atomic mass is 9.80. The van der Waals surface area contributed by atoms with Crippen LogP contribution >= 0.6 is 69.6 Å². The number of azide groups is 6. The van der Waals surface area contributed by atoms with Crippen LogP contribution in [0.5, 0.6) is 0 Å². The molecule has 8 unspecified atom stereocenters. The number of carbonyl (C=O) groups is 2. The van der Waals surface area contributed by atoms with E-state index in [4.69, 9.17) is 152 Å². The van der Waals surface area contributed by atoms with Crippen LogP contribution in [0.2, 0.25) is 0 Å². The van der Waals surface area contributed by atoms with E-state index in [1.54, 1.807) is 6.92 Å². The molecular weight excluding hydrogens is 1510 g/mol. The van der Waals surface area contributed by atoms with Gasteiger partial charge in [-0.15, -0.1) is 0 Å². The van der Waals surface area contributed by atoms with E-state index in [0.717, 1.165) is 25.7 Å². The van der Waals surface area contributed by atoms with E-state index in [2.05, 4.69) is 72.1 Å². The minimum atomic E-state index is -1.97. The molecule has 42 heteroatoms. The molecule has 36 nitrogen and oxygen atoms in total. The number of carbonyl (C=O) groups excluding carboxylic acids is 2. The maximum absolute atomic E-state index is 13.0. The monoisotopic (exact) mass is 1600 g/mol. The number of rotatable bonds is 23. The lowest BCUT2D eigenvalue weighted by Crippen LogP contribution is -2.61. The molecule has 0 amide bonds. The quantitative estimate of drug-likeness (QED) is 0.0189. The molecule has 0 aromatic carbocycles. The molecule has 0 aromatic heterocycles. The topological polar surface area (TPSA) is 492 Å². The number of ketones is 2. The highest BCUT2D eigenvalue weighted by molar-refractivity contribution is 6.76. The first-order valence-electron chi connectivity index (χ1n) is 35.2. The van der Waals surface area contributed by atoms with Crippen molar-refractivity contribution in [3.63, 3.8) is 0 Å². The maximum Gasteiger partial charge on any atom is 0.288 e. The van der Waals surface area contributed by atoms with Gasteiger partial charge in [-0.25, -0.2) is 4.99 Å². The van der Waals surface area contributed by atoms with Crippen LogP contribution in [0.1, 0.15) is 143 Å². The van der Waals surface area contributed by atoms with Gasteiger partial charge < -0.3 is 66.3 Å². The average Bonchev–Trinajstić information content (AvgIpc) is 1.58. The highest BCUT2D eigenvalue weighted by Gasteiger charge is 2.57. The molecule has 105 heavy (non-hydrogen) atoms. The van der Waals surface area contributed by atoms with Crippen LogP contribution in [-0.4, -0.2) is 186 Å². The highest BCUT2D eigenvalue weighted by atomic mass is 35.6. The van der Waals surface area contributed by atoms with Gasteiger partial charge in [-0.2, -0.15) is 0 Å². The summed E-state index contributed by atoms with van der Waals surface area (Å²) in [5.74, 6) is -2.45. The molecule has 8 rings (SSSR count). The highest BCUT2D eigenvalue weighted by Crippen LogP contribution is 2.46. The normalized spacial score (nSPS) is 42.4. The fourth-order valence-corrected chi connectivity index (χ4v) is 15.1. The van der Waals surface area contributed by atoms with Crippen LogP contribution in [-0.2, 0) is 75.9 Å². The van der Waals surface area contributed by atoms with Crippen LogP contribution in [0.25, 0.3) is 62.7 Å². The molecule has 2 bridgehead atoms. The molecule has 8 fully saturated rings. The minimum Gasteiger partial charge on any atom is -0.454 e. The van der Waals surface area contributed by atoms with Gasteiger partial charge in [-0.3, -0.25) is 15.0 Å². The first-order valence-corrected chi connectivity index (χ1v) is 37.5. The Labute approximate surface area is 639 Å². The Morgan fingerprint density at radius 1 is 0.429 bits per heavy atom. The van der Waals surface area contributed by atoms with Gasteiger partial charge in [0.25, 0.3) is 7.71 Å². The lowest BCUT2D eigenvalue weighted by molar-refractivity contribution is -0.332. The second kappa shape index (κ2) is 40.4. The summed E-state index contributed by atoms with van der Waals surface area (Å²) in [5, 5.41) is 31.0. The molecular formula is C63H98Cl6N20O16. The number of halogens is 6. The lowest BCUT2D eigenvalue weighted by Gasteiger charge is -2.50. The molecule has 0 aliphatic carbocycles. The number of aliphatic imine (C=N–C) groups is 1. The maximum atomic E-state index is 13.0. The zero-order valence-electron chi connectivity index (χ0n) is 61.6. The summed E-state index contributed by atoms with van der Waals surface area (Å²) < 4.78 is 81.2. The SMILES string of the molecule is CC[C@@H]1O[C@H](OC(=N)C(Cl)(Cl)Cl)C(N=[N+]=[N-])[C@@H](C)[C@@H]1C.CC[C@@H]1O[C@H](O[C@H]2[C@H](C)C(C)[C@H](O[C@@H]3[C@H](CC)O[C@H](OC=NC(Cl)(Cl)Cl)C(N=[N+]=[N-])[C@H]3C)O[C@H]2C(C)=O)C(N=[N+]=[N-])[C@@H](C)[C@@H]1C.CC[C@@H]1O[C@H](O[C@H]2[C@H](C)C(N=[N+]=[N-])[C@H](O[C@@H]3C4CO[C@H](O4)C(N=[N+]=[N-])[C@H]3C)O[C@H]2C(C)=O)C(N=[N+]=[N-])[C@@H](C)[C@@H]1C. The van der Waals surface area contributed by atoms with Gasteiger partial charge in [0.05, 0.1) is 79.6 Å². The van der Waals surface area contributed by atoms with Gasteiger partial charge >= 0.3 is 0 Å². The van der Waals surface area contributed by atoms with Crippen molar-refractivity contribution in [3.05, 3.63) is 62.7 Å². The Morgan fingerprint density at radius 3 is 1.19 bits per heavy atom. The second-order valence-electron chi connectivity index (χ2n) is 28.1. The van der Waals surface area contributed by atoms with E-state index in [9.17, 15) is 31.7 Å². The number of hydrogen-bond donors (Lipinski definition) is 1. The summed E-state index contributed by atoms with van der Waals surface area (Å²) in [6, 6.07) is -4.14. The third kappa shape index (κ3) is 21.9. The van der Waals surface area contributed by atoms with E-state index >= 15 is 0 Å². The Kier molecular flexibility index (Phi) is 34.3. The van der Waals surface area contributed by atoms with Gasteiger partial charge in [-0.05, 0) is 132 Å². The Balaban J connectivity index is 0.000000264. The van der Waals surface area contributed by atoms with Gasteiger partial charge in [0, 0.05) is 35.4 Å². The second-order valence-corrected chi connectivity index (χ2v) is 32.6. The van der Waals surface area contributed by atoms with E-state index in [0.29, 0.717) is 6.42 Å². The van der Waals surface area contributed by atoms with Crippen molar-refractivity contribution in [2.24, 2.45) is 101 Å². The fourth-order valence-electron chi connectivity index (χ4n) is 14.9. The van der Waals surface area contributed by atoms with Crippen LogP contribution in [0.4, 0.5) is 0 Å². The van der Waals surface area contributed by atoms with Crippen LogP contribution < -0.4 is 0 Å². The predicted octanol–water partition coefficient (Wildman–Crippen LogP) is 16.2. The summed E-state index contributed by atoms with van der Waals surface area (Å²) in [4.78, 5) is 47.3. The molecule has 0 aromatic rings. The molecule has 35 atom stereocenters. The molecule has 0 radical (unpaired) electrons. The van der Waals surface area contributed by atoms with Crippen molar-refractivity contribution < 1.29 is 75.9 Å². The molecule has 0 spiro atoms. The summed E-state index contributed by atoms with van der Waals surface area (Å²) in [7, 11) is 0.